The molecule has 1 unspecified atom stereocenters. The van der Waals surface area contributed by atoms with Gasteiger partial charge in [-0.1, -0.05) is 23.7 Å². The number of rotatable bonds is 5. The molecule has 1 aliphatic rings. The third-order valence-corrected chi connectivity index (χ3v) is 6.55. The van der Waals surface area contributed by atoms with E-state index in [9.17, 15) is 10.1 Å². The maximum atomic E-state index is 11.2. The molecule has 4 heterocycles. The maximum absolute atomic E-state index is 11.2. The van der Waals surface area contributed by atoms with Crippen molar-refractivity contribution in [2.24, 2.45) is 0 Å². The normalized spacial score (nSPS) is 16.1. The number of benzene rings is 2. The minimum atomic E-state index is -0.526. The fourth-order valence-corrected chi connectivity index (χ4v) is 4.71. The minimum Gasteiger partial charge on any atom is -0.358 e. The van der Waals surface area contributed by atoms with E-state index in [4.69, 9.17) is 21.4 Å². The van der Waals surface area contributed by atoms with E-state index in [-0.39, 0.29) is 12.0 Å². The van der Waals surface area contributed by atoms with Crippen LogP contribution in [0, 0.1) is 10.1 Å². The van der Waals surface area contributed by atoms with Gasteiger partial charge >= 0.3 is 5.82 Å². The van der Waals surface area contributed by atoms with Crippen LogP contribution in [0.4, 0.5) is 17.3 Å². The van der Waals surface area contributed by atoms with Crippen LogP contribution in [0.15, 0.2) is 60.9 Å². The van der Waals surface area contributed by atoms with E-state index < -0.39 is 4.92 Å². The fraction of sp³-hybridized carbons (Fsp3) is 0.208. The zero-order chi connectivity index (χ0) is 23.9. The van der Waals surface area contributed by atoms with Crippen molar-refractivity contribution in [2.45, 2.75) is 25.5 Å². The highest BCUT2D eigenvalue weighted by atomic mass is 35.5. The van der Waals surface area contributed by atoms with Crippen LogP contribution in [-0.2, 0) is 4.74 Å². The number of anilines is 2. The van der Waals surface area contributed by atoms with Crippen LogP contribution in [0.25, 0.3) is 27.5 Å². The lowest BCUT2D eigenvalue weighted by molar-refractivity contribution is -0.389. The molecular formula is C24H20ClN7O3. The molecule has 5 aromatic rings. The molecule has 2 aromatic carbocycles. The molecule has 176 valence electrons. The van der Waals surface area contributed by atoms with E-state index in [1.165, 1.54) is 12.3 Å². The van der Waals surface area contributed by atoms with E-state index in [1.54, 1.807) is 16.9 Å². The molecule has 1 aliphatic heterocycles. The fourth-order valence-electron chi connectivity index (χ4n) is 4.45. The first-order valence-corrected chi connectivity index (χ1v) is 11.6. The molecule has 0 saturated carbocycles. The van der Waals surface area contributed by atoms with Crippen molar-refractivity contribution in [1.29, 1.82) is 0 Å². The van der Waals surface area contributed by atoms with Crippen LogP contribution in [0.1, 0.15) is 25.5 Å². The highest BCUT2D eigenvalue weighted by molar-refractivity contribution is 6.38. The largest absolute Gasteiger partial charge is 0.365 e. The summed E-state index contributed by atoms with van der Waals surface area (Å²) in [6.07, 6.45) is 6.17. The first kappa shape index (κ1) is 21.5. The minimum absolute atomic E-state index is 0.0832. The van der Waals surface area contributed by atoms with Gasteiger partial charge in [-0.2, -0.15) is 5.10 Å². The van der Waals surface area contributed by atoms with Crippen molar-refractivity contribution in [3.63, 3.8) is 0 Å². The summed E-state index contributed by atoms with van der Waals surface area (Å²) < 4.78 is 9.44. The topological polar surface area (TPSA) is 113 Å². The maximum Gasteiger partial charge on any atom is 0.365 e. The number of para-hydroxylation sites is 1. The lowest BCUT2D eigenvalue weighted by atomic mass is 10.2. The highest BCUT2D eigenvalue weighted by Crippen LogP contribution is 2.37. The van der Waals surface area contributed by atoms with Gasteiger partial charge in [0.2, 0.25) is 0 Å². The summed E-state index contributed by atoms with van der Waals surface area (Å²) >= 11 is 6.80. The first-order chi connectivity index (χ1) is 17.1. The van der Waals surface area contributed by atoms with Crippen molar-refractivity contribution in [2.75, 3.05) is 11.9 Å². The van der Waals surface area contributed by atoms with Gasteiger partial charge in [-0.05, 0) is 53.4 Å². The van der Waals surface area contributed by atoms with Crippen molar-refractivity contribution in [3.8, 4) is 5.69 Å². The molecule has 1 saturated heterocycles. The van der Waals surface area contributed by atoms with Crippen molar-refractivity contribution in [1.82, 2.24) is 24.5 Å². The number of nitro groups is 1. The van der Waals surface area contributed by atoms with Gasteiger partial charge in [0.25, 0.3) is 0 Å². The number of pyridine rings is 1. The predicted molar refractivity (Wildman–Crippen MR) is 132 cm³/mol. The SMILES string of the molecule is O=[N+]([O-])c1cc(-n2nc(Nc3ccc4c(cnn4C4CCCCO4)c3Cl)c3ccccc32)ccn1. The van der Waals surface area contributed by atoms with E-state index in [1.807, 2.05) is 41.1 Å². The Morgan fingerprint density at radius 2 is 2.00 bits per heavy atom. The average molecular weight is 490 g/mol. The van der Waals surface area contributed by atoms with Gasteiger partial charge in [0.1, 0.15) is 6.20 Å². The first-order valence-electron chi connectivity index (χ1n) is 11.2. The Morgan fingerprint density at radius 3 is 2.83 bits per heavy atom. The number of hydrogen-bond donors (Lipinski definition) is 1. The Balaban J connectivity index is 1.40. The van der Waals surface area contributed by atoms with Gasteiger partial charge in [0.15, 0.2) is 12.0 Å². The number of nitrogens with zero attached hydrogens (tertiary/aromatic N) is 6. The zero-order valence-corrected chi connectivity index (χ0v) is 19.2. The number of fused-ring (bicyclic) bond motifs is 2. The molecule has 1 fully saturated rings. The molecule has 11 heteroatoms. The molecule has 0 bridgehead atoms. The number of ether oxygens (including phenoxy) is 1. The summed E-state index contributed by atoms with van der Waals surface area (Å²) in [6.45, 7) is 0.732. The van der Waals surface area contributed by atoms with Crippen molar-refractivity contribution < 1.29 is 9.66 Å². The summed E-state index contributed by atoms with van der Waals surface area (Å²) in [5.41, 5.74) is 2.91. The van der Waals surface area contributed by atoms with Crippen LogP contribution in [0.5, 0.6) is 0 Å². The lowest BCUT2D eigenvalue weighted by Crippen LogP contribution is -2.18. The molecule has 6 rings (SSSR count). The summed E-state index contributed by atoms with van der Waals surface area (Å²) in [4.78, 5) is 14.5. The molecule has 1 atom stereocenters. The summed E-state index contributed by atoms with van der Waals surface area (Å²) in [7, 11) is 0. The van der Waals surface area contributed by atoms with E-state index in [0.717, 1.165) is 47.7 Å². The highest BCUT2D eigenvalue weighted by Gasteiger charge is 2.21. The Kier molecular flexibility index (Phi) is 5.31. The van der Waals surface area contributed by atoms with Crippen LogP contribution in [0.2, 0.25) is 5.02 Å². The van der Waals surface area contributed by atoms with Crippen LogP contribution >= 0.6 is 11.6 Å². The van der Waals surface area contributed by atoms with Gasteiger partial charge in [-0.25, -0.2) is 9.36 Å². The van der Waals surface area contributed by atoms with Gasteiger partial charge < -0.3 is 20.2 Å². The quantitative estimate of drug-likeness (QED) is 0.246. The predicted octanol–water partition coefficient (Wildman–Crippen LogP) is 5.77. The third-order valence-electron chi connectivity index (χ3n) is 6.14. The van der Waals surface area contributed by atoms with Crippen molar-refractivity contribution in [3.05, 3.63) is 76.1 Å². The van der Waals surface area contributed by atoms with Crippen LogP contribution < -0.4 is 5.32 Å². The standard InChI is InChI=1S/C24H20ClN7O3/c25-23-17-14-27-31(22-7-3-4-12-35-22)20(17)9-8-18(23)28-24-16-5-1-2-6-19(16)30(29-24)15-10-11-26-21(13-15)32(33)34/h1-2,5-6,8-11,13-14,22H,3-4,7,12H2,(H,28,29). The average Bonchev–Trinajstić information content (AvgIpc) is 3.49. The molecular weight excluding hydrogens is 470 g/mol. The number of hydrogen-bond acceptors (Lipinski definition) is 7. The Labute approximate surface area is 204 Å². The second-order valence-electron chi connectivity index (χ2n) is 8.30. The van der Waals surface area contributed by atoms with E-state index in [2.05, 4.69) is 15.4 Å². The van der Waals surface area contributed by atoms with E-state index >= 15 is 0 Å². The third kappa shape index (κ3) is 3.76. The monoisotopic (exact) mass is 489 g/mol. The van der Waals surface area contributed by atoms with Crippen molar-refractivity contribution >= 4 is 50.7 Å². The number of nitrogens with one attached hydrogen (secondary N) is 1. The Morgan fingerprint density at radius 1 is 1.11 bits per heavy atom. The van der Waals surface area contributed by atoms with Gasteiger partial charge in [-0.3, -0.25) is 0 Å². The molecule has 0 radical (unpaired) electrons. The van der Waals surface area contributed by atoms with Crippen LogP contribution in [0.3, 0.4) is 0 Å². The second-order valence-corrected chi connectivity index (χ2v) is 8.68. The zero-order valence-electron chi connectivity index (χ0n) is 18.5. The molecule has 0 amide bonds. The van der Waals surface area contributed by atoms with Gasteiger partial charge in [0, 0.05) is 23.4 Å². The molecule has 0 spiro atoms. The molecule has 0 aliphatic carbocycles. The summed E-state index contributed by atoms with van der Waals surface area (Å²) in [5.74, 6) is 0.327. The van der Waals surface area contributed by atoms with Crippen LogP contribution in [-0.4, -0.2) is 36.1 Å². The second kappa shape index (κ2) is 8.64. The Bertz CT molecular complexity index is 1570. The van der Waals surface area contributed by atoms with Gasteiger partial charge in [-0.15, -0.1) is 5.10 Å². The summed E-state index contributed by atoms with van der Waals surface area (Å²) in [6, 6.07) is 14.6. The molecule has 10 nitrogen and oxygen atoms in total. The smallest absolute Gasteiger partial charge is 0.358 e. The van der Waals surface area contributed by atoms with Gasteiger partial charge in [0.05, 0.1) is 39.7 Å². The summed E-state index contributed by atoms with van der Waals surface area (Å²) in [5, 5.41) is 26.0. The van der Waals surface area contributed by atoms with E-state index in [0.29, 0.717) is 22.2 Å². The molecule has 3 aromatic heterocycles. The number of halogens is 1. The number of aromatic nitrogens is 5. The Hall–Kier alpha value is -4.02. The molecule has 1 N–H and O–H groups in total. The molecule has 35 heavy (non-hydrogen) atoms. The lowest BCUT2D eigenvalue weighted by Gasteiger charge is -2.23.